The fraction of sp³-hybridized carbons (Fsp3) is 0.474. The van der Waals surface area contributed by atoms with Crippen molar-refractivity contribution in [1.29, 1.82) is 0 Å². The average Bonchev–Trinajstić information content (AvgIpc) is 2.85. The maximum atomic E-state index is 13.6. The second-order valence-corrected chi connectivity index (χ2v) is 16.0. The van der Waals surface area contributed by atoms with Crippen molar-refractivity contribution in [3.8, 4) is 23.0 Å². The first-order valence-corrected chi connectivity index (χ1v) is 15.2. The number of ether oxygens (including phenoxy) is 1. The van der Waals surface area contributed by atoms with E-state index in [-0.39, 0.29) is 39.4 Å². The van der Waals surface area contributed by atoms with Crippen LogP contribution in [0.2, 0.25) is 0 Å². The van der Waals surface area contributed by atoms with E-state index in [4.69, 9.17) is 4.74 Å². The Kier molecular flexibility index (Phi) is 9.15. The zero-order valence-electron chi connectivity index (χ0n) is 28.7. The summed E-state index contributed by atoms with van der Waals surface area (Å²) in [5.74, 6) is -1.40. The van der Waals surface area contributed by atoms with Gasteiger partial charge in [0.2, 0.25) is 0 Å². The third kappa shape index (κ3) is 7.28. The minimum atomic E-state index is -0.662. The minimum Gasteiger partial charge on any atom is -0.507 e. The molecule has 0 amide bonds. The van der Waals surface area contributed by atoms with E-state index in [9.17, 15) is 24.9 Å². The highest BCUT2D eigenvalue weighted by Crippen LogP contribution is 2.42. The Hall–Kier alpha value is -3.80. The number of hydrogen-bond donors (Lipinski definition) is 3. The number of carbonyl (C=O) groups excluding carboxylic acids is 2. The van der Waals surface area contributed by atoms with Gasteiger partial charge < -0.3 is 20.1 Å². The van der Waals surface area contributed by atoms with Gasteiger partial charge in [-0.1, -0.05) is 95.2 Å². The van der Waals surface area contributed by atoms with Crippen molar-refractivity contribution in [2.24, 2.45) is 0 Å². The summed E-state index contributed by atoms with van der Waals surface area (Å²) in [5.41, 5.74) is 2.37. The van der Waals surface area contributed by atoms with Crippen LogP contribution in [0, 0.1) is 0 Å². The van der Waals surface area contributed by atoms with E-state index in [2.05, 4.69) is 0 Å². The van der Waals surface area contributed by atoms with Crippen LogP contribution in [0.25, 0.3) is 0 Å². The highest BCUT2D eigenvalue weighted by molar-refractivity contribution is 6.11. The van der Waals surface area contributed by atoms with Gasteiger partial charge >= 0.3 is 5.97 Å². The van der Waals surface area contributed by atoms with Crippen molar-refractivity contribution in [2.75, 3.05) is 0 Å². The number of carbonyl (C=O) groups is 2. The van der Waals surface area contributed by atoms with Crippen LogP contribution in [-0.4, -0.2) is 27.1 Å². The van der Waals surface area contributed by atoms with Gasteiger partial charge in [0.25, 0.3) is 0 Å². The van der Waals surface area contributed by atoms with Crippen LogP contribution < -0.4 is 4.74 Å². The van der Waals surface area contributed by atoms with Crippen LogP contribution >= 0.6 is 0 Å². The maximum absolute atomic E-state index is 13.6. The van der Waals surface area contributed by atoms with E-state index in [1.165, 1.54) is 18.2 Å². The molecule has 0 aromatic heterocycles. The Labute approximate surface area is 263 Å². The van der Waals surface area contributed by atoms with Crippen LogP contribution in [0.5, 0.6) is 23.0 Å². The van der Waals surface area contributed by atoms with Crippen LogP contribution in [0.15, 0.2) is 42.5 Å². The third-order valence-corrected chi connectivity index (χ3v) is 8.02. The number of ketones is 1. The minimum absolute atomic E-state index is 0.0615. The quantitative estimate of drug-likeness (QED) is 0.153. The lowest BCUT2D eigenvalue weighted by Crippen LogP contribution is -2.21. The van der Waals surface area contributed by atoms with E-state index in [0.29, 0.717) is 16.7 Å². The number of hydrogen-bond acceptors (Lipinski definition) is 6. The highest BCUT2D eigenvalue weighted by atomic mass is 16.5. The predicted molar refractivity (Wildman–Crippen MR) is 177 cm³/mol. The lowest BCUT2D eigenvalue weighted by atomic mass is 9.77. The van der Waals surface area contributed by atoms with Crippen molar-refractivity contribution in [3.63, 3.8) is 0 Å². The predicted octanol–water partition coefficient (Wildman–Crippen LogP) is 8.93. The molecule has 0 radical (unpaired) electrons. The summed E-state index contributed by atoms with van der Waals surface area (Å²) < 4.78 is 5.67. The van der Waals surface area contributed by atoms with Crippen LogP contribution in [0.3, 0.4) is 0 Å². The van der Waals surface area contributed by atoms with Crippen LogP contribution in [-0.2, 0) is 26.5 Å². The molecular formula is C38H50O6. The Balaban J connectivity index is 1.96. The Morgan fingerprint density at radius 2 is 1.00 bits per heavy atom. The van der Waals surface area contributed by atoms with E-state index < -0.39 is 28.5 Å². The molecule has 0 spiro atoms. The van der Waals surface area contributed by atoms with Crippen molar-refractivity contribution in [2.45, 2.75) is 118 Å². The fourth-order valence-electron chi connectivity index (χ4n) is 5.22. The molecule has 0 saturated heterocycles. The van der Waals surface area contributed by atoms with E-state index >= 15 is 0 Å². The number of aromatic hydroxyl groups is 3. The molecule has 3 rings (SSSR count). The first-order valence-electron chi connectivity index (χ1n) is 15.2. The summed E-state index contributed by atoms with van der Waals surface area (Å²) in [6.07, 6.45) is 0. The molecule has 1 unspecified atom stereocenters. The Bertz CT molecular complexity index is 1510. The van der Waals surface area contributed by atoms with Gasteiger partial charge in [-0.25, -0.2) is 0 Å². The molecule has 3 aromatic carbocycles. The second kappa shape index (κ2) is 11.6. The van der Waals surface area contributed by atoms with Gasteiger partial charge in [-0.3, -0.25) is 9.59 Å². The molecule has 3 N–H and O–H groups in total. The zero-order valence-corrected chi connectivity index (χ0v) is 28.7. The van der Waals surface area contributed by atoms with Gasteiger partial charge in [0, 0.05) is 22.8 Å². The van der Waals surface area contributed by atoms with Gasteiger partial charge in [0.1, 0.15) is 23.0 Å². The Morgan fingerprint density at radius 1 is 0.614 bits per heavy atom. The summed E-state index contributed by atoms with van der Waals surface area (Å²) in [7, 11) is 0. The average molecular weight is 603 g/mol. The summed E-state index contributed by atoms with van der Waals surface area (Å²) >= 11 is 0. The van der Waals surface area contributed by atoms with Crippen molar-refractivity contribution in [3.05, 3.63) is 81.4 Å². The normalized spacial score (nSPS) is 13.5. The summed E-state index contributed by atoms with van der Waals surface area (Å²) in [5, 5.41) is 33.0. The molecule has 0 aliphatic heterocycles. The highest BCUT2D eigenvalue weighted by Gasteiger charge is 2.31. The molecular weight excluding hydrogens is 552 g/mol. The Morgan fingerprint density at radius 3 is 1.36 bits per heavy atom. The van der Waals surface area contributed by atoms with Crippen LogP contribution in [0.1, 0.15) is 140 Å². The van der Waals surface area contributed by atoms with Gasteiger partial charge in [-0.2, -0.15) is 0 Å². The van der Waals surface area contributed by atoms with Gasteiger partial charge in [0.05, 0.1) is 11.5 Å². The van der Waals surface area contributed by atoms with Gasteiger partial charge in [-0.15, -0.1) is 0 Å². The van der Waals surface area contributed by atoms with E-state index in [0.717, 1.165) is 16.7 Å². The molecule has 6 heteroatoms. The zero-order chi connectivity index (χ0) is 33.7. The lowest BCUT2D eigenvalue weighted by molar-refractivity contribution is -0.135. The molecule has 44 heavy (non-hydrogen) atoms. The SMILES string of the molecule is CC(C(=O)Oc1ccc(C(=O)c2cc(C(C)(C)C)c(O)c(C(C)(C)C)c2)c(O)c1)c1cc(C(C)(C)C)c(O)c(C(C)(C)C)c1. The first kappa shape index (κ1) is 34.7. The largest absolute Gasteiger partial charge is 0.507 e. The summed E-state index contributed by atoms with van der Waals surface area (Å²) in [6.45, 7) is 25.6. The molecule has 0 saturated carbocycles. The monoisotopic (exact) mass is 602 g/mol. The molecule has 6 nitrogen and oxygen atoms in total. The smallest absolute Gasteiger partial charge is 0.318 e. The number of esters is 1. The van der Waals surface area contributed by atoms with E-state index in [1.54, 1.807) is 19.1 Å². The fourth-order valence-corrected chi connectivity index (χ4v) is 5.22. The second-order valence-electron chi connectivity index (χ2n) is 16.0. The number of phenols is 3. The molecule has 0 heterocycles. The topological polar surface area (TPSA) is 104 Å². The molecule has 0 fully saturated rings. The van der Waals surface area contributed by atoms with Gasteiger partial charge in [-0.05, 0) is 69.5 Å². The standard InChI is InChI=1S/C38H50O6/c1-21(22-16-26(35(2,3)4)32(41)27(17-22)36(5,6)7)34(43)44-24-14-15-25(30(39)20-24)31(40)23-18-28(37(8,9)10)33(42)29(19-23)38(11,12)13/h14-21,39,41-42H,1-13H3. The van der Waals surface area contributed by atoms with Crippen molar-refractivity contribution in [1.82, 2.24) is 0 Å². The van der Waals surface area contributed by atoms with Crippen molar-refractivity contribution < 1.29 is 29.6 Å². The summed E-state index contributed by atoms with van der Waals surface area (Å²) in [4.78, 5) is 27.0. The maximum Gasteiger partial charge on any atom is 0.318 e. The molecule has 238 valence electrons. The van der Waals surface area contributed by atoms with Gasteiger partial charge in [0.15, 0.2) is 5.78 Å². The number of rotatable bonds is 5. The molecule has 1 atom stereocenters. The van der Waals surface area contributed by atoms with Crippen molar-refractivity contribution >= 4 is 11.8 Å². The first-order chi connectivity index (χ1) is 19.8. The summed E-state index contributed by atoms with van der Waals surface area (Å²) in [6, 6.07) is 11.3. The van der Waals surface area contributed by atoms with E-state index in [1.807, 2.05) is 95.2 Å². The molecule has 0 aliphatic carbocycles. The lowest BCUT2D eigenvalue weighted by Gasteiger charge is -2.29. The molecule has 0 bridgehead atoms. The molecule has 0 aliphatic rings. The number of benzene rings is 3. The van der Waals surface area contributed by atoms with Crippen LogP contribution in [0.4, 0.5) is 0 Å². The number of phenolic OH excluding ortho intramolecular Hbond substituents is 3. The molecule has 3 aromatic rings. The third-order valence-electron chi connectivity index (χ3n) is 8.02.